The van der Waals surface area contributed by atoms with Crippen molar-refractivity contribution >= 4 is 11.7 Å². The lowest BCUT2D eigenvalue weighted by Gasteiger charge is -2.29. The van der Waals surface area contributed by atoms with Crippen molar-refractivity contribution in [3.05, 3.63) is 57.6 Å². The quantitative estimate of drug-likeness (QED) is 0.901. The summed E-state index contributed by atoms with van der Waals surface area (Å²) in [6, 6.07) is 5.27. The SMILES string of the molecule is Cc1cc(=O)c(C(=O)NCc2cccnc2N2CCCCC2)c[nH]1. The van der Waals surface area contributed by atoms with E-state index in [0.717, 1.165) is 30.2 Å². The Morgan fingerprint density at radius 3 is 2.88 bits per heavy atom. The van der Waals surface area contributed by atoms with E-state index in [1.807, 2.05) is 12.1 Å². The summed E-state index contributed by atoms with van der Waals surface area (Å²) in [5.74, 6) is 0.556. The molecule has 0 saturated carbocycles. The molecular formula is C18H22N4O2. The second-order valence-electron chi connectivity index (χ2n) is 6.11. The van der Waals surface area contributed by atoms with E-state index in [4.69, 9.17) is 0 Å². The zero-order valence-corrected chi connectivity index (χ0v) is 13.8. The molecule has 1 aliphatic rings. The van der Waals surface area contributed by atoms with Gasteiger partial charge in [0.15, 0.2) is 5.43 Å². The van der Waals surface area contributed by atoms with Crippen molar-refractivity contribution in [3.8, 4) is 0 Å². The van der Waals surface area contributed by atoms with E-state index < -0.39 is 0 Å². The number of rotatable bonds is 4. The maximum atomic E-state index is 12.3. The van der Waals surface area contributed by atoms with E-state index in [2.05, 4.69) is 20.2 Å². The van der Waals surface area contributed by atoms with Gasteiger partial charge in [-0.3, -0.25) is 9.59 Å². The van der Waals surface area contributed by atoms with Crippen molar-refractivity contribution < 1.29 is 4.79 Å². The van der Waals surface area contributed by atoms with Crippen molar-refractivity contribution in [1.29, 1.82) is 0 Å². The third-order valence-corrected chi connectivity index (χ3v) is 4.26. The molecule has 2 aromatic rings. The zero-order chi connectivity index (χ0) is 16.9. The maximum absolute atomic E-state index is 12.3. The molecule has 2 N–H and O–H groups in total. The highest BCUT2D eigenvalue weighted by atomic mass is 16.2. The fourth-order valence-corrected chi connectivity index (χ4v) is 2.98. The molecule has 6 heteroatoms. The highest BCUT2D eigenvalue weighted by Crippen LogP contribution is 2.21. The van der Waals surface area contributed by atoms with Crippen molar-refractivity contribution in [2.75, 3.05) is 18.0 Å². The molecule has 1 amide bonds. The maximum Gasteiger partial charge on any atom is 0.257 e. The van der Waals surface area contributed by atoms with Crippen LogP contribution in [0.5, 0.6) is 0 Å². The van der Waals surface area contributed by atoms with Crippen LogP contribution >= 0.6 is 0 Å². The number of carbonyl (C=O) groups is 1. The van der Waals surface area contributed by atoms with Crippen LogP contribution in [0.1, 0.15) is 40.9 Å². The van der Waals surface area contributed by atoms with Gasteiger partial charge in [-0.05, 0) is 32.3 Å². The number of carbonyl (C=O) groups excluding carboxylic acids is 1. The number of aromatic nitrogens is 2. The van der Waals surface area contributed by atoms with Gasteiger partial charge >= 0.3 is 0 Å². The molecular weight excluding hydrogens is 304 g/mol. The molecule has 2 aromatic heterocycles. The predicted molar refractivity (Wildman–Crippen MR) is 93.3 cm³/mol. The number of amides is 1. The first-order valence-electron chi connectivity index (χ1n) is 8.31. The number of aromatic amines is 1. The molecule has 0 radical (unpaired) electrons. The zero-order valence-electron chi connectivity index (χ0n) is 13.8. The predicted octanol–water partition coefficient (Wildman–Crippen LogP) is 2.00. The molecule has 126 valence electrons. The molecule has 24 heavy (non-hydrogen) atoms. The molecule has 0 atom stereocenters. The Bertz CT molecular complexity index is 779. The number of nitrogens with one attached hydrogen (secondary N) is 2. The Kier molecular flexibility index (Phi) is 4.93. The van der Waals surface area contributed by atoms with E-state index in [1.54, 1.807) is 13.1 Å². The minimum Gasteiger partial charge on any atom is -0.364 e. The monoisotopic (exact) mass is 326 g/mol. The molecule has 1 fully saturated rings. The van der Waals surface area contributed by atoms with Gasteiger partial charge in [-0.15, -0.1) is 0 Å². The van der Waals surface area contributed by atoms with Crippen LogP contribution in [-0.4, -0.2) is 29.0 Å². The molecule has 1 aliphatic heterocycles. The van der Waals surface area contributed by atoms with Gasteiger partial charge in [0, 0.05) is 49.4 Å². The molecule has 0 unspecified atom stereocenters. The van der Waals surface area contributed by atoms with Crippen LogP contribution in [0.15, 0.2) is 35.4 Å². The number of hydrogen-bond acceptors (Lipinski definition) is 4. The Labute approximate surface area is 140 Å². The average Bonchev–Trinajstić information content (AvgIpc) is 2.61. The number of pyridine rings is 2. The molecule has 0 aliphatic carbocycles. The van der Waals surface area contributed by atoms with Crippen LogP contribution in [-0.2, 0) is 6.54 Å². The minimum atomic E-state index is -0.371. The first-order chi connectivity index (χ1) is 11.6. The van der Waals surface area contributed by atoms with Gasteiger partial charge < -0.3 is 15.2 Å². The van der Waals surface area contributed by atoms with Gasteiger partial charge in [-0.2, -0.15) is 0 Å². The molecule has 3 rings (SSSR count). The minimum absolute atomic E-state index is 0.129. The summed E-state index contributed by atoms with van der Waals surface area (Å²) in [4.78, 5) is 33.8. The molecule has 0 aromatic carbocycles. The first kappa shape index (κ1) is 16.2. The summed E-state index contributed by atoms with van der Waals surface area (Å²) in [6.07, 6.45) is 6.83. The summed E-state index contributed by atoms with van der Waals surface area (Å²) in [6.45, 7) is 4.13. The average molecular weight is 326 g/mol. The topological polar surface area (TPSA) is 78.1 Å². The number of piperidine rings is 1. The van der Waals surface area contributed by atoms with E-state index in [0.29, 0.717) is 6.54 Å². The Morgan fingerprint density at radius 1 is 1.33 bits per heavy atom. The second kappa shape index (κ2) is 7.29. The van der Waals surface area contributed by atoms with Crippen LogP contribution in [0.3, 0.4) is 0 Å². The van der Waals surface area contributed by atoms with Crippen molar-refractivity contribution in [1.82, 2.24) is 15.3 Å². The Morgan fingerprint density at radius 2 is 2.12 bits per heavy atom. The van der Waals surface area contributed by atoms with E-state index in [9.17, 15) is 9.59 Å². The number of nitrogens with zero attached hydrogens (tertiary/aromatic N) is 2. The summed E-state index contributed by atoms with van der Waals surface area (Å²) in [5.41, 5.74) is 1.56. The van der Waals surface area contributed by atoms with Gasteiger partial charge in [0.1, 0.15) is 11.4 Å². The van der Waals surface area contributed by atoms with Crippen molar-refractivity contribution in [3.63, 3.8) is 0 Å². The fraction of sp³-hybridized carbons (Fsp3) is 0.389. The van der Waals surface area contributed by atoms with Crippen molar-refractivity contribution in [2.24, 2.45) is 0 Å². The van der Waals surface area contributed by atoms with Crippen LogP contribution in [0, 0.1) is 6.92 Å². The third kappa shape index (κ3) is 3.64. The summed E-state index contributed by atoms with van der Waals surface area (Å²) in [5, 5.41) is 2.83. The number of H-pyrrole nitrogens is 1. The third-order valence-electron chi connectivity index (χ3n) is 4.26. The van der Waals surface area contributed by atoms with Gasteiger partial charge in [0.05, 0.1) is 0 Å². The largest absolute Gasteiger partial charge is 0.364 e. The summed E-state index contributed by atoms with van der Waals surface area (Å²) >= 11 is 0. The number of hydrogen-bond donors (Lipinski definition) is 2. The Hall–Kier alpha value is -2.63. The molecule has 0 spiro atoms. The Balaban J connectivity index is 1.72. The smallest absolute Gasteiger partial charge is 0.257 e. The summed E-state index contributed by atoms with van der Waals surface area (Å²) in [7, 11) is 0. The number of anilines is 1. The van der Waals surface area contributed by atoms with Gasteiger partial charge in [-0.25, -0.2) is 4.98 Å². The molecule has 0 bridgehead atoms. The molecule has 3 heterocycles. The van der Waals surface area contributed by atoms with Gasteiger partial charge in [0.2, 0.25) is 0 Å². The van der Waals surface area contributed by atoms with Crippen molar-refractivity contribution in [2.45, 2.75) is 32.7 Å². The highest BCUT2D eigenvalue weighted by molar-refractivity contribution is 5.93. The van der Waals surface area contributed by atoms with E-state index in [1.165, 1.54) is 31.5 Å². The van der Waals surface area contributed by atoms with E-state index in [-0.39, 0.29) is 16.9 Å². The number of aryl methyl sites for hydroxylation is 1. The van der Waals surface area contributed by atoms with E-state index >= 15 is 0 Å². The lowest BCUT2D eigenvalue weighted by molar-refractivity contribution is 0.0949. The van der Waals surface area contributed by atoms with Crippen LogP contribution < -0.4 is 15.6 Å². The van der Waals surface area contributed by atoms with Gasteiger partial charge in [-0.1, -0.05) is 6.07 Å². The molecule has 6 nitrogen and oxygen atoms in total. The molecule has 1 saturated heterocycles. The highest BCUT2D eigenvalue weighted by Gasteiger charge is 2.16. The van der Waals surface area contributed by atoms with Crippen LogP contribution in [0.25, 0.3) is 0 Å². The fourth-order valence-electron chi connectivity index (χ4n) is 2.98. The van der Waals surface area contributed by atoms with Gasteiger partial charge in [0.25, 0.3) is 5.91 Å². The first-order valence-corrected chi connectivity index (χ1v) is 8.31. The standard InChI is InChI=1S/C18H22N4O2/c1-13-10-16(23)15(12-20-13)18(24)21-11-14-6-5-7-19-17(14)22-8-3-2-4-9-22/h5-7,10,12H,2-4,8-9,11H2,1H3,(H,20,23)(H,21,24). The lowest BCUT2D eigenvalue weighted by atomic mass is 10.1. The van der Waals surface area contributed by atoms with Crippen LogP contribution in [0.2, 0.25) is 0 Å². The lowest BCUT2D eigenvalue weighted by Crippen LogP contribution is -2.33. The normalized spacial score (nSPS) is 14.5. The summed E-state index contributed by atoms with van der Waals surface area (Å²) < 4.78 is 0. The van der Waals surface area contributed by atoms with Crippen LogP contribution in [0.4, 0.5) is 5.82 Å². The second-order valence-corrected chi connectivity index (χ2v) is 6.11.